The standard InChI is InChI=1S/C14H21N3O4/c1-8-5-4-6-17(11(8)13(18)19)14(20)16-10(3)12-15-7-9(2)21-12/h7-8,10-11H,4-6H2,1-3H3,(H,16,20)(H,18,19). The van der Waals surface area contributed by atoms with Crippen LogP contribution in [0, 0.1) is 12.8 Å². The van der Waals surface area contributed by atoms with Crippen molar-refractivity contribution in [1.29, 1.82) is 0 Å². The molecule has 2 heterocycles. The highest BCUT2D eigenvalue weighted by Gasteiger charge is 2.37. The summed E-state index contributed by atoms with van der Waals surface area (Å²) >= 11 is 0. The smallest absolute Gasteiger partial charge is 0.326 e. The van der Waals surface area contributed by atoms with Crippen molar-refractivity contribution in [2.75, 3.05) is 6.54 Å². The average molecular weight is 295 g/mol. The van der Waals surface area contributed by atoms with Crippen molar-refractivity contribution in [2.45, 2.75) is 45.7 Å². The van der Waals surface area contributed by atoms with Gasteiger partial charge in [0.1, 0.15) is 17.8 Å². The third-order valence-corrected chi connectivity index (χ3v) is 3.80. The van der Waals surface area contributed by atoms with Gasteiger partial charge in [0.05, 0.1) is 6.20 Å². The quantitative estimate of drug-likeness (QED) is 0.888. The number of nitrogens with zero attached hydrogens (tertiary/aromatic N) is 2. The molecule has 21 heavy (non-hydrogen) atoms. The van der Waals surface area contributed by atoms with Crippen LogP contribution in [0.5, 0.6) is 0 Å². The van der Waals surface area contributed by atoms with E-state index in [2.05, 4.69) is 10.3 Å². The third-order valence-electron chi connectivity index (χ3n) is 3.80. The van der Waals surface area contributed by atoms with Crippen molar-refractivity contribution < 1.29 is 19.1 Å². The Hall–Kier alpha value is -2.05. The fourth-order valence-electron chi connectivity index (χ4n) is 2.69. The van der Waals surface area contributed by atoms with E-state index < -0.39 is 24.1 Å². The van der Waals surface area contributed by atoms with E-state index in [1.165, 1.54) is 4.90 Å². The number of piperidine rings is 1. The summed E-state index contributed by atoms with van der Waals surface area (Å²) in [4.78, 5) is 29.2. The first kappa shape index (κ1) is 15.3. The number of hydrogen-bond donors (Lipinski definition) is 2. The number of nitrogens with one attached hydrogen (secondary N) is 1. The van der Waals surface area contributed by atoms with Crippen LogP contribution < -0.4 is 5.32 Å². The first-order valence-electron chi connectivity index (χ1n) is 7.12. The molecule has 2 amide bonds. The minimum absolute atomic E-state index is 0.0544. The second-order valence-corrected chi connectivity index (χ2v) is 5.58. The number of amides is 2. The largest absolute Gasteiger partial charge is 0.480 e. The summed E-state index contributed by atoms with van der Waals surface area (Å²) in [6, 6.07) is -1.58. The van der Waals surface area contributed by atoms with Crippen molar-refractivity contribution in [2.24, 2.45) is 5.92 Å². The first-order chi connectivity index (χ1) is 9.90. The van der Waals surface area contributed by atoms with E-state index in [-0.39, 0.29) is 5.92 Å². The molecule has 1 fully saturated rings. The number of aryl methyl sites for hydroxylation is 1. The lowest BCUT2D eigenvalue weighted by Crippen LogP contribution is -2.55. The number of carboxylic acids is 1. The van der Waals surface area contributed by atoms with Gasteiger partial charge in [-0.1, -0.05) is 6.92 Å². The zero-order chi connectivity index (χ0) is 15.6. The lowest BCUT2D eigenvalue weighted by atomic mass is 9.91. The highest BCUT2D eigenvalue weighted by molar-refractivity contribution is 5.83. The number of oxazole rings is 1. The van der Waals surface area contributed by atoms with Crippen LogP contribution in [0.2, 0.25) is 0 Å². The van der Waals surface area contributed by atoms with E-state index in [0.29, 0.717) is 18.2 Å². The van der Waals surface area contributed by atoms with Crippen LogP contribution in [0.4, 0.5) is 4.79 Å². The number of rotatable bonds is 3. The van der Waals surface area contributed by atoms with Gasteiger partial charge in [0, 0.05) is 6.54 Å². The summed E-state index contributed by atoms with van der Waals surface area (Å²) in [5.41, 5.74) is 0. The van der Waals surface area contributed by atoms with Gasteiger partial charge in [-0.2, -0.15) is 0 Å². The summed E-state index contributed by atoms with van der Waals surface area (Å²) in [5, 5.41) is 12.1. The summed E-state index contributed by atoms with van der Waals surface area (Å²) in [5.74, 6) is 0.0668. The molecule has 0 bridgehead atoms. The summed E-state index contributed by atoms with van der Waals surface area (Å²) in [7, 11) is 0. The van der Waals surface area contributed by atoms with E-state index in [9.17, 15) is 14.7 Å². The lowest BCUT2D eigenvalue weighted by molar-refractivity contribution is -0.145. The van der Waals surface area contributed by atoms with Crippen LogP contribution in [0.25, 0.3) is 0 Å². The molecule has 3 unspecified atom stereocenters. The second kappa shape index (κ2) is 6.15. The molecule has 1 aromatic rings. The van der Waals surface area contributed by atoms with Gasteiger partial charge in [-0.25, -0.2) is 14.6 Å². The molecule has 7 nitrogen and oxygen atoms in total. The Balaban J connectivity index is 2.06. The molecule has 2 rings (SSSR count). The number of carbonyl (C=O) groups is 2. The average Bonchev–Trinajstić information content (AvgIpc) is 2.84. The molecule has 2 N–H and O–H groups in total. The van der Waals surface area contributed by atoms with Crippen LogP contribution in [0.3, 0.4) is 0 Å². The zero-order valence-electron chi connectivity index (χ0n) is 12.5. The van der Waals surface area contributed by atoms with Gasteiger partial charge < -0.3 is 19.7 Å². The van der Waals surface area contributed by atoms with E-state index >= 15 is 0 Å². The zero-order valence-corrected chi connectivity index (χ0v) is 12.5. The normalized spacial score (nSPS) is 23.7. The van der Waals surface area contributed by atoms with Crippen LogP contribution >= 0.6 is 0 Å². The molecule has 1 aliphatic rings. The number of aromatic nitrogens is 1. The van der Waals surface area contributed by atoms with Gasteiger partial charge in [0.25, 0.3) is 0 Å². The lowest BCUT2D eigenvalue weighted by Gasteiger charge is -2.37. The van der Waals surface area contributed by atoms with E-state index in [0.717, 1.165) is 12.8 Å². The molecule has 3 atom stereocenters. The van der Waals surface area contributed by atoms with Crippen LogP contribution in [0.15, 0.2) is 10.6 Å². The maximum atomic E-state index is 12.3. The fraction of sp³-hybridized carbons (Fsp3) is 0.643. The van der Waals surface area contributed by atoms with Crippen molar-refractivity contribution in [3.63, 3.8) is 0 Å². The Morgan fingerprint density at radius 1 is 1.57 bits per heavy atom. The number of hydrogen-bond acceptors (Lipinski definition) is 4. The highest BCUT2D eigenvalue weighted by Crippen LogP contribution is 2.24. The van der Waals surface area contributed by atoms with Crippen molar-refractivity contribution in [3.05, 3.63) is 17.8 Å². The maximum absolute atomic E-state index is 12.3. The highest BCUT2D eigenvalue weighted by atomic mass is 16.4. The Morgan fingerprint density at radius 3 is 2.86 bits per heavy atom. The molecule has 7 heteroatoms. The Bertz CT molecular complexity index is 528. The van der Waals surface area contributed by atoms with E-state index in [1.54, 1.807) is 20.0 Å². The predicted molar refractivity (Wildman–Crippen MR) is 74.7 cm³/mol. The Morgan fingerprint density at radius 2 is 2.29 bits per heavy atom. The number of carboxylic acid groups (broad SMARTS) is 1. The summed E-state index contributed by atoms with van der Waals surface area (Å²) in [6.07, 6.45) is 3.21. The molecule has 0 saturated carbocycles. The molecule has 1 aliphatic heterocycles. The predicted octanol–water partition coefficient (Wildman–Crippen LogP) is 1.94. The van der Waals surface area contributed by atoms with E-state index in [4.69, 9.17) is 4.42 Å². The SMILES string of the molecule is Cc1cnc(C(C)NC(=O)N2CCCC(C)C2C(=O)O)o1. The van der Waals surface area contributed by atoms with Gasteiger partial charge >= 0.3 is 12.0 Å². The van der Waals surface area contributed by atoms with E-state index in [1.807, 2.05) is 6.92 Å². The molecule has 1 saturated heterocycles. The summed E-state index contributed by atoms with van der Waals surface area (Å²) < 4.78 is 5.37. The van der Waals surface area contributed by atoms with Gasteiger partial charge in [-0.15, -0.1) is 0 Å². The third kappa shape index (κ3) is 3.34. The van der Waals surface area contributed by atoms with Gasteiger partial charge in [0.2, 0.25) is 5.89 Å². The minimum Gasteiger partial charge on any atom is -0.480 e. The molecular weight excluding hydrogens is 274 g/mol. The number of aliphatic carboxylic acids is 1. The van der Waals surface area contributed by atoms with Gasteiger partial charge in [-0.3, -0.25) is 0 Å². The molecular formula is C14H21N3O4. The van der Waals surface area contributed by atoms with Crippen molar-refractivity contribution in [3.8, 4) is 0 Å². The molecule has 116 valence electrons. The maximum Gasteiger partial charge on any atom is 0.326 e. The van der Waals surface area contributed by atoms with Crippen LogP contribution in [-0.2, 0) is 4.79 Å². The van der Waals surface area contributed by atoms with Gasteiger partial charge in [0.15, 0.2) is 0 Å². The monoisotopic (exact) mass is 295 g/mol. The van der Waals surface area contributed by atoms with Crippen molar-refractivity contribution in [1.82, 2.24) is 15.2 Å². The Kier molecular flexibility index (Phi) is 4.50. The van der Waals surface area contributed by atoms with Gasteiger partial charge in [-0.05, 0) is 32.6 Å². The topological polar surface area (TPSA) is 95.7 Å². The second-order valence-electron chi connectivity index (χ2n) is 5.58. The number of urea groups is 1. The summed E-state index contributed by atoms with van der Waals surface area (Å²) in [6.45, 7) is 5.84. The molecule has 0 aliphatic carbocycles. The number of likely N-dealkylation sites (tertiary alicyclic amines) is 1. The van der Waals surface area contributed by atoms with Crippen molar-refractivity contribution >= 4 is 12.0 Å². The molecule has 0 aromatic carbocycles. The molecule has 0 radical (unpaired) electrons. The minimum atomic E-state index is -0.961. The first-order valence-corrected chi connectivity index (χ1v) is 7.12. The Labute approximate surface area is 123 Å². The fourth-order valence-corrected chi connectivity index (χ4v) is 2.69. The van der Waals surface area contributed by atoms with Crippen LogP contribution in [-0.4, -0.2) is 39.6 Å². The molecule has 0 spiro atoms. The van der Waals surface area contributed by atoms with Crippen LogP contribution in [0.1, 0.15) is 44.4 Å². The molecule has 1 aromatic heterocycles. The number of carbonyl (C=O) groups excluding carboxylic acids is 1.